The summed E-state index contributed by atoms with van der Waals surface area (Å²) in [6.07, 6.45) is 5.19. The van der Waals surface area contributed by atoms with E-state index in [-0.39, 0.29) is 0 Å². The van der Waals surface area contributed by atoms with Gasteiger partial charge >= 0.3 is 0 Å². The zero-order valence-corrected chi connectivity index (χ0v) is 14.1. The number of hydrogen-bond acceptors (Lipinski definition) is 5. The smallest absolute Gasteiger partial charge is 0.209 e. The summed E-state index contributed by atoms with van der Waals surface area (Å²) in [5.74, 6) is 3.08. The Morgan fingerprint density at radius 3 is 2.85 bits per heavy atom. The van der Waals surface area contributed by atoms with E-state index in [1.165, 1.54) is 23.3 Å². The van der Waals surface area contributed by atoms with Crippen molar-refractivity contribution in [2.45, 2.75) is 5.16 Å². The van der Waals surface area contributed by atoms with E-state index in [2.05, 4.69) is 41.8 Å². The van der Waals surface area contributed by atoms with Crippen LogP contribution in [0, 0.1) is 12.3 Å². The molecule has 2 N–H and O–H groups in total. The quantitative estimate of drug-likeness (QED) is 0.474. The molecule has 102 valence electrons. The number of rotatable bonds is 4. The van der Waals surface area contributed by atoms with Crippen LogP contribution in [0.4, 0.5) is 10.8 Å². The highest BCUT2D eigenvalue weighted by Gasteiger charge is 2.06. The first kappa shape index (κ1) is 15.3. The van der Waals surface area contributed by atoms with Crippen LogP contribution in [0.3, 0.4) is 0 Å². The van der Waals surface area contributed by atoms with Gasteiger partial charge in [0.05, 0.1) is 5.75 Å². The van der Waals surface area contributed by atoms with Crippen molar-refractivity contribution in [1.29, 1.82) is 0 Å². The molecule has 4 nitrogen and oxygen atoms in total. The van der Waals surface area contributed by atoms with Gasteiger partial charge in [-0.25, -0.2) is 0 Å². The van der Waals surface area contributed by atoms with Gasteiger partial charge in [-0.1, -0.05) is 33.6 Å². The summed E-state index contributed by atoms with van der Waals surface area (Å²) in [5.41, 5.74) is 0.900. The molecule has 1 aromatic carbocycles. The summed E-state index contributed by atoms with van der Waals surface area (Å²) >= 11 is 11.3. The highest BCUT2D eigenvalue weighted by atomic mass is 79.9. The molecule has 0 aliphatic carbocycles. The van der Waals surface area contributed by atoms with Gasteiger partial charge in [0, 0.05) is 21.7 Å². The second kappa shape index (κ2) is 7.59. The number of nitrogens with one attached hydrogen (secondary N) is 2. The zero-order chi connectivity index (χ0) is 14.4. The molecule has 0 atom stereocenters. The summed E-state index contributed by atoms with van der Waals surface area (Å²) < 4.78 is 5.18. The molecule has 8 heteroatoms. The van der Waals surface area contributed by atoms with Crippen molar-refractivity contribution in [2.24, 2.45) is 0 Å². The van der Waals surface area contributed by atoms with Crippen molar-refractivity contribution >= 4 is 67.4 Å². The van der Waals surface area contributed by atoms with Crippen LogP contribution in [0.5, 0.6) is 0 Å². The van der Waals surface area contributed by atoms with Crippen LogP contribution >= 0.6 is 51.4 Å². The molecule has 0 fully saturated rings. The molecule has 0 spiro atoms. The fourth-order valence-corrected chi connectivity index (χ4v) is 2.99. The number of benzene rings is 1. The van der Waals surface area contributed by atoms with Gasteiger partial charge in [-0.2, -0.15) is 9.36 Å². The SMILES string of the molecule is C#CCSc1nsc(NC(=S)Nc2ccc(Br)cc2)n1. The summed E-state index contributed by atoms with van der Waals surface area (Å²) in [5, 5.41) is 7.82. The fraction of sp³-hybridized carbons (Fsp3) is 0.0833. The lowest BCUT2D eigenvalue weighted by atomic mass is 10.3. The van der Waals surface area contributed by atoms with Crippen molar-refractivity contribution in [2.75, 3.05) is 16.4 Å². The second-order valence-electron chi connectivity index (χ2n) is 3.46. The van der Waals surface area contributed by atoms with Gasteiger partial charge in [-0.05, 0) is 36.5 Å². The summed E-state index contributed by atoms with van der Waals surface area (Å²) in [7, 11) is 0. The number of halogens is 1. The number of thioether (sulfide) groups is 1. The molecule has 0 aliphatic rings. The van der Waals surface area contributed by atoms with Crippen LogP contribution in [-0.4, -0.2) is 20.2 Å². The summed E-state index contributed by atoms with van der Waals surface area (Å²) in [6, 6.07) is 7.72. The maximum atomic E-state index is 5.21. The largest absolute Gasteiger partial charge is 0.332 e. The number of anilines is 2. The van der Waals surface area contributed by atoms with Gasteiger partial charge in [0.2, 0.25) is 10.3 Å². The van der Waals surface area contributed by atoms with E-state index < -0.39 is 0 Å². The third kappa shape index (κ3) is 4.76. The van der Waals surface area contributed by atoms with Crippen LogP contribution in [0.1, 0.15) is 0 Å². The van der Waals surface area contributed by atoms with Crippen LogP contribution in [0.15, 0.2) is 33.9 Å². The molecule has 0 aliphatic heterocycles. The van der Waals surface area contributed by atoms with Crippen molar-refractivity contribution in [3.05, 3.63) is 28.7 Å². The van der Waals surface area contributed by atoms with Gasteiger partial charge < -0.3 is 10.6 Å². The molecular formula is C12H9BrN4S3. The standard InChI is InChI=1S/C12H9BrN4S3/c1-2-7-19-12-16-11(20-17-12)15-10(18)14-9-5-3-8(13)4-6-9/h1,3-6H,7H2,(H2,14,15,16,17,18). The van der Waals surface area contributed by atoms with Gasteiger partial charge in [0.15, 0.2) is 5.11 Å². The normalized spacial score (nSPS) is 9.80. The highest BCUT2D eigenvalue weighted by molar-refractivity contribution is 9.10. The molecule has 1 aromatic heterocycles. The first-order chi connectivity index (χ1) is 9.67. The lowest BCUT2D eigenvalue weighted by Crippen LogP contribution is -2.18. The molecule has 20 heavy (non-hydrogen) atoms. The van der Waals surface area contributed by atoms with Crippen LogP contribution < -0.4 is 10.6 Å². The Kier molecular flexibility index (Phi) is 5.79. The molecule has 0 bridgehead atoms. The Balaban J connectivity index is 1.89. The topological polar surface area (TPSA) is 49.8 Å². The van der Waals surface area contributed by atoms with Gasteiger partial charge in [0.1, 0.15) is 0 Å². The van der Waals surface area contributed by atoms with E-state index >= 15 is 0 Å². The predicted molar refractivity (Wildman–Crippen MR) is 93.5 cm³/mol. The summed E-state index contributed by atoms with van der Waals surface area (Å²) in [4.78, 5) is 4.27. The first-order valence-corrected chi connectivity index (χ1v) is 8.37. The van der Waals surface area contributed by atoms with Crippen LogP contribution in [0.2, 0.25) is 0 Å². The summed E-state index contributed by atoms with van der Waals surface area (Å²) in [6.45, 7) is 0. The maximum Gasteiger partial charge on any atom is 0.209 e. The van der Waals surface area contributed by atoms with Crippen molar-refractivity contribution < 1.29 is 0 Å². The van der Waals surface area contributed by atoms with E-state index in [9.17, 15) is 0 Å². The van der Waals surface area contributed by atoms with E-state index in [0.29, 0.717) is 21.2 Å². The average molecular weight is 385 g/mol. The first-order valence-electron chi connectivity index (χ1n) is 5.41. The monoisotopic (exact) mass is 384 g/mol. The molecule has 2 rings (SSSR count). The third-order valence-electron chi connectivity index (χ3n) is 2.01. The zero-order valence-electron chi connectivity index (χ0n) is 10.1. The molecule has 0 radical (unpaired) electrons. The van der Waals surface area contributed by atoms with Gasteiger partial charge in [-0.15, -0.1) is 6.42 Å². The van der Waals surface area contributed by atoms with Gasteiger partial charge in [-0.3, -0.25) is 0 Å². The molecule has 1 heterocycles. The highest BCUT2D eigenvalue weighted by Crippen LogP contribution is 2.20. The fourth-order valence-electron chi connectivity index (χ4n) is 1.22. The van der Waals surface area contributed by atoms with E-state index in [4.69, 9.17) is 18.6 Å². The Morgan fingerprint density at radius 1 is 1.40 bits per heavy atom. The molecule has 0 saturated heterocycles. The predicted octanol–water partition coefficient (Wildman–Crippen LogP) is 3.83. The Labute approximate surface area is 139 Å². The van der Waals surface area contributed by atoms with Gasteiger partial charge in [0.25, 0.3) is 0 Å². The Bertz CT molecular complexity index is 633. The lowest BCUT2D eigenvalue weighted by molar-refractivity contribution is 1.08. The molecule has 0 unspecified atom stereocenters. The maximum absolute atomic E-state index is 5.21. The molecule has 2 aromatic rings. The van der Waals surface area contributed by atoms with E-state index in [1.807, 2.05) is 24.3 Å². The molecular weight excluding hydrogens is 376 g/mol. The lowest BCUT2D eigenvalue weighted by Gasteiger charge is -2.07. The third-order valence-corrected chi connectivity index (χ3v) is 4.25. The van der Waals surface area contributed by atoms with Crippen molar-refractivity contribution in [3.63, 3.8) is 0 Å². The van der Waals surface area contributed by atoms with E-state index in [0.717, 1.165) is 10.2 Å². The van der Waals surface area contributed by atoms with Crippen LogP contribution in [0.25, 0.3) is 0 Å². The molecule has 0 saturated carbocycles. The minimum atomic E-state index is 0.469. The minimum Gasteiger partial charge on any atom is -0.332 e. The minimum absolute atomic E-state index is 0.469. The average Bonchev–Trinajstić information content (AvgIpc) is 2.86. The van der Waals surface area contributed by atoms with E-state index in [1.54, 1.807) is 0 Å². The second-order valence-corrected chi connectivity index (χ2v) is 6.48. The van der Waals surface area contributed by atoms with Crippen molar-refractivity contribution in [1.82, 2.24) is 9.36 Å². The van der Waals surface area contributed by atoms with Crippen molar-refractivity contribution in [3.8, 4) is 12.3 Å². The molecule has 0 amide bonds. The van der Waals surface area contributed by atoms with Crippen LogP contribution in [-0.2, 0) is 0 Å². The number of hydrogen-bond donors (Lipinski definition) is 2. The number of nitrogens with zero attached hydrogens (tertiary/aromatic N) is 2. The number of thiocarbonyl (C=S) groups is 1. The number of aromatic nitrogens is 2. The number of terminal acetylenes is 1. The Hall–Kier alpha value is -1.14. The Morgan fingerprint density at radius 2 is 2.15 bits per heavy atom.